The summed E-state index contributed by atoms with van der Waals surface area (Å²) in [7, 11) is 1.44. The average Bonchev–Trinajstić information content (AvgIpc) is 3.10. The van der Waals surface area contributed by atoms with Crippen LogP contribution in [0.25, 0.3) is 0 Å². The number of nitrogen functional groups attached to an aromatic ring is 1. The number of carbonyl (C=O) groups is 1. The third-order valence-corrected chi connectivity index (χ3v) is 5.13. The van der Waals surface area contributed by atoms with Crippen molar-refractivity contribution >= 4 is 39.3 Å². The summed E-state index contributed by atoms with van der Waals surface area (Å²) in [6.07, 6.45) is 2.72. The Kier molecular flexibility index (Phi) is 4.22. The molecule has 0 aromatic heterocycles. The lowest BCUT2D eigenvalue weighted by molar-refractivity contribution is -0.141. The molecule has 0 saturated heterocycles. The zero-order chi connectivity index (χ0) is 13.2. The number of hydrogen-bond acceptors (Lipinski definition) is 4. The Morgan fingerprint density at radius 2 is 2.28 bits per heavy atom. The highest BCUT2D eigenvalue weighted by atomic mass is 79.9. The van der Waals surface area contributed by atoms with Crippen LogP contribution in [0.5, 0.6) is 0 Å². The van der Waals surface area contributed by atoms with Crippen molar-refractivity contribution in [1.29, 1.82) is 0 Å². The first-order valence-corrected chi connectivity index (χ1v) is 7.57. The molecule has 0 unspecified atom stereocenters. The van der Waals surface area contributed by atoms with E-state index >= 15 is 0 Å². The fourth-order valence-electron chi connectivity index (χ4n) is 1.79. The summed E-state index contributed by atoms with van der Waals surface area (Å²) in [4.78, 5) is 12.4. The van der Waals surface area contributed by atoms with Gasteiger partial charge in [0, 0.05) is 20.8 Å². The molecule has 0 atom stereocenters. The first kappa shape index (κ1) is 13.7. The molecule has 3 nitrogen and oxygen atoms in total. The van der Waals surface area contributed by atoms with E-state index in [1.54, 1.807) is 11.8 Å². The van der Waals surface area contributed by atoms with Gasteiger partial charge in [-0.25, -0.2) is 0 Å². The van der Waals surface area contributed by atoms with Crippen LogP contribution in [0.1, 0.15) is 19.3 Å². The molecule has 0 bridgehead atoms. The second kappa shape index (κ2) is 5.53. The van der Waals surface area contributed by atoms with Crippen LogP contribution in [0.3, 0.4) is 0 Å². The van der Waals surface area contributed by atoms with Crippen molar-refractivity contribution in [2.75, 3.05) is 18.6 Å². The monoisotopic (exact) mass is 329 g/mol. The number of hydrogen-bond donors (Lipinski definition) is 1. The van der Waals surface area contributed by atoms with E-state index in [2.05, 4.69) is 15.9 Å². The first-order chi connectivity index (χ1) is 8.54. The Hall–Kier alpha value is -0.680. The van der Waals surface area contributed by atoms with Crippen LogP contribution in [-0.2, 0) is 9.53 Å². The molecule has 2 rings (SSSR count). The molecule has 1 aromatic rings. The SMILES string of the molecule is COC(=O)CC1(CSc2cc(Br)ccc2N)CC1. The topological polar surface area (TPSA) is 52.3 Å². The predicted octanol–water partition coefficient (Wildman–Crippen LogP) is 3.47. The molecule has 0 aliphatic heterocycles. The van der Waals surface area contributed by atoms with Crippen LogP contribution in [0.4, 0.5) is 5.69 Å². The maximum absolute atomic E-state index is 11.3. The van der Waals surface area contributed by atoms with E-state index in [9.17, 15) is 4.79 Å². The van der Waals surface area contributed by atoms with E-state index in [0.29, 0.717) is 6.42 Å². The van der Waals surface area contributed by atoms with Crippen molar-refractivity contribution < 1.29 is 9.53 Å². The van der Waals surface area contributed by atoms with E-state index in [1.165, 1.54) is 7.11 Å². The number of thioether (sulfide) groups is 1. The Morgan fingerprint density at radius 1 is 1.56 bits per heavy atom. The minimum Gasteiger partial charge on any atom is -0.469 e. The third kappa shape index (κ3) is 3.42. The van der Waals surface area contributed by atoms with Crippen molar-refractivity contribution in [3.05, 3.63) is 22.7 Å². The fraction of sp³-hybridized carbons (Fsp3) is 0.462. The quantitative estimate of drug-likeness (QED) is 0.510. The molecule has 18 heavy (non-hydrogen) atoms. The standard InChI is InChI=1S/C13H16BrNO2S/c1-17-12(16)7-13(4-5-13)8-18-11-6-9(14)2-3-10(11)15/h2-3,6H,4-5,7-8,15H2,1H3. The smallest absolute Gasteiger partial charge is 0.306 e. The molecule has 1 aliphatic carbocycles. The Bertz CT molecular complexity index is 460. The van der Waals surface area contributed by atoms with Crippen molar-refractivity contribution in [1.82, 2.24) is 0 Å². The molecule has 1 aliphatic rings. The highest BCUT2D eigenvalue weighted by Crippen LogP contribution is 2.52. The van der Waals surface area contributed by atoms with Crippen LogP contribution in [0.15, 0.2) is 27.6 Å². The summed E-state index contributed by atoms with van der Waals surface area (Å²) in [5, 5.41) is 0. The second-order valence-corrected chi connectivity index (χ2v) is 6.66. The van der Waals surface area contributed by atoms with Crippen molar-refractivity contribution in [2.45, 2.75) is 24.2 Å². The third-order valence-electron chi connectivity index (χ3n) is 3.21. The van der Waals surface area contributed by atoms with E-state index < -0.39 is 0 Å². The summed E-state index contributed by atoms with van der Waals surface area (Å²) >= 11 is 5.16. The van der Waals surface area contributed by atoms with Gasteiger partial charge in [0.2, 0.25) is 0 Å². The number of anilines is 1. The predicted molar refractivity (Wildman–Crippen MR) is 77.6 cm³/mol. The number of ether oxygens (including phenoxy) is 1. The summed E-state index contributed by atoms with van der Waals surface area (Å²) in [5.74, 6) is 0.804. The number of rotatable bonds is 5. The first-order valence-electron chi connectivity index (χ1n) is 5.79. The van der Waals surface area contributed by atoms with Gasteiger partial charge in [0.1, 0.15) is 0 Å². The van der Waals surface area contributed by atoms with Gasteiger partial charge in [-0.1, -0.05) is 15.9 Å². The van der Waals surface area contributed by atoms with Gasteiger partial charge in [0.25, 0.3) is 0 Å². The number of benzene rings is 1. The van der Waals surface area contributed by atoms with Gasteiger partial charge in [-0.3, -0.25) is 4.79 Å². The molecule has 0 amide bonds. The van der Waals surface area contributed by atoms with Crippen molar-refractivity contribution in [3.8, 4) is 0 Å². The minimum absolute atomic E-state index is 0.115. The van der Waals surface area contributed by atoms with Crippen LogP contribution in [0.2, 0.25) is 0 Å². The maximum atomic E-state index is 11.3. The summed E-state index contributed by atoms with van der Waals surface area (Å²) in [6.45, 7) is 0. The minimum atomic E-state index is -0.115. The van der Waals surface area contributed by atoms with Gasteiger partial charge in [-0.15, -0.1) is 11.8 Å². The van der Waals surface area contributed by atoms with E-state index in [1.807, 2.05) is 18.2 Å². The number of esters is 1. The molecule has 98 valence electrons. The van der Waals surface area contributed by atoms with Gasteiger partial charge < -0.3 is 10.5 Å². The lowest BCUT2D eigenvalue weighted by atomic mass is 10.1. The molecule has 0 radical (unpaired) electrons. The summed E-state index contributed by atoms with van der Waals surface area (Å²) in [6, 6.07) is 5.85. The Morgan fingerprint density at radius 3 is 2.89 bits per heavy atom. The molecule has 1 aromatic carbocycles. The molecular weight excluding hydrogens is 314 g/mol. The number of halogens is 1. The molecule has 1 saturated carbocycles. The summed E-state index contributed by atoms with van der Waals surface area (Å²) in [5.41, 5.74) is 6.85. The number of carbonyl (C=O) groups excluding carboxylic acids is 1. The highest BCUT2D eigenvalue weighted by molar-refractivity contribution is 9.10. The van der Waals surface area contributed by atoms with Crippen molar-refractivity contribution in [3.63, 3.8) is 0 Å². The van der Waals surface area contributed by atoms with Gasteiger partial charge >= 0.3 is 5.97 Å². The molecule has 1 fully saturated rings. The average molecular weight is 330 g/mol. The summed E-state index contributed by atoms with van der Waals surface area (Å²) < 4.78 is 5.77. The maximum Gasteiger partial charge on any atom is 0.306 e. The molecule has 0 heterocycles. The zero-order valence-electron chi connectivity index (χ0n) is 10.2. The molecule has 2 N–H and O–H groups in total. The van der Waals surface area contributed by atoms with E-state index in [4.69, 9.17) is 10.5 Å². The van der Waals surface area contributed by atoms with Crippen LogP contribution in [0, 0.1) is 5.41 Å². The van der Waals surface area contributed by atoms with Crippen LogP contribution < -0.4 is 5.73 Å². The van der Waals surface area contributed by atoms with Gasteiger partial charge in [-0.2, -0.15) is 0 Å². The largest absolute Gasteiger partial charge is 0.469 e. The van der Waals surface area contributed by atoms with Crippen LogP contribution >= 0.6 is 27.7 Å². The second-order valence-electron chi connectivity index (χ2n) is 4.72. The number of methoxy groups -OCH3 is 1. The van der Waals surface area contributed by atoms with E-state index in [-0.39, 0.29) is 11.4 Å². The van der Waals surface area contributed by atoms with Gasteiger partial charge in [0.15, 0.2) is 0 Å². The molecular formula is C13H16BrNO2S. The van der Waals surface area contributed by atoms with Crippen LogP contribution in [-0.4, -0.2) is 18.8 Å². The highest BCUT2D eigenvalue weighted by Gasteiger charge is 2.44. The van der Waals surface area contributed by atoms with Crippen molar-refractivity contribution in [2.24, 2.45) is 5.41 Å². The lowest BCUT2D eigenvalue weighted by Gasteiger charge is -2.14. The Balaban J connectivity index is 1.95. The van der Waals surface area contributed by atoms with E-state index in [0.717, 1.165) is 33.7 Å². The number of nitrogens with two attached hydrogens (primary N) is 1. The molecule has 0 spiro atoms. The Labute approximate surface area is 120 Å². The van der Waals surface area contributed by atoms with Gasteiger partial charge in [0.05, 0.1) is 13.5 Å². The van der Waals surface area contributed by atoms with Gasteiger partial charge in [-0.05, 0) is 36.5 Å². The fourth-order valence-corrected chi connectivity index (χ4v) is 3.60. The zero-order valence-corrected chi connectivity index (χ0v) is 12.6. The molecule has 5 heteroatoms. The lowest BCUT2D eigenvalue weighted by Crippen LogP contribution is -2.13. The normalized spacial score (nSPS) is 16.3.